The molecular formula is C12H13NO2S. The molecular weight excluding hydrogens is 222 g/mol. The standard InChI is InChI=1S/C12H13NO2S/c1-2-11(12(14)15)16-8-10-6-4-3-5-9(10)7-13/h3-6,11H,2,8H2,1H3,(H,14,15). The molecule has 0 spiro atoms. The lowest BCUT2D eigenvalue weighted by atomic mass is 10.1. The van der Waals surface area contributed by atoms with E-state index < -0.39 is 11.2 Å². The molecule has 3 nitrogen and oxygen atoms in total. The van der Waals surface area contributed by atoms with Gasteiger partial charge in [-0.25, -0.2) is 0 Å². The summed E-state index contributed by atoms with van der Waals surface area (Å²) in [6.07, 6.45) is 0.592. The fraction of sp³-hybridized carbons (Fsp3) is 0.333. The highest BCUT2D eigenvalue weighted by atomic mass is 32.2. The fourth-order valence-corrected chi connectivity index (χ4v) is 2.32. The van der Waals surface area contributed by atoms with Crippen LogP contribution in [0.5, 0.6) is 0 Å². The quantitative estimate of drug-likeness (QED) is 0.852. The summed E-state index contributed by atoms with van der Waals surface area (Å²) < 4.78 is 0. The summed E-state index contributed by atoms with van der Waals surface area (Å²) in [6, 6.07) is 9.38. The van der Waals surface area contributed by atoms with Crippen LogP contribution in [0, 0.1) is 11.3 Å². The molecule has 1 atom stereocenters. The van der Waals surface area contributed by atoms with E-state index in [4.69, 9.17) is 10.4 Å². The lowest BCUT2D eigenvalue weighted by Crippen LogP contribution is -2.15. The summed E-state index contributed by atoms with van der Waals surface area (Å²) >= 11 is 1.36. The summed E-state index contributed by atoms with van der Waals surface area (Å²) in [6.45, 7) is 1.85. The Morgan fingerprint density at radius 1 is 1.56 bits per heavy atom. The molecule has 1 unspecified atom stereocenters. The average molecular weight is 235 g/mol. The Morgan fingerprint density at radius 3 is 2.81 bits per heavy atom. The maximum atomic E-state index is 10.8. The lowest BCUT2D eigenvalue weighted by Gasteiger charge is -2.09. The zero-order valence-electron chi connectivity index (χ0n) is 9.01. The summed E-state index contributed by atoms with van der Waals surface area (Å²) in [5.74, 6) is -0.226. The van der Waals surface area contributed by atoms with Gasteiger partial charge in [0.2, 0.25) is 0 Å². The van der Waals surface area contributed by atoms with Crippen molar-refractivity contribution in [2.24, 2.45) is 0 Å². The van der Waals surface area contributed by atoms with Gasteiger partial charge in [-0.2, -0.15) is 5.26 Å². The van der Waals surface area contributed by atoms with Gasteiger partial charge >= 0.3 is 5.97 Å². The summed E-state index contributed by atoms with van der Waals surface area (Å²) in [5.41, 5.74) is 1.52. The number of nitrogens with zero attached hydrogens (tertiary/aromatic N) is 1. The molecule has 4 heteroatoms. The molecule has 0 aliphatic carbocycles. The number of carboxylic acid groups (broad SMARTS) is 1. The van der Waals surface area contributed by atoms with Crippen LogP contribution in [-0.2, 0) is 10.5 Å². The van der Waals surface area contributed by atoms with Gasteiger partial charge in [0.1, 0.15) is 5.25 Å². The van der Waals surface area contributed by atoms with Gasteiger partial charge in [0.05, 0.1) is 11.6 Å². The molecule has 16 heavy (non-hydrogen) atoms. The first-order chi connectivity index (χ1) is 7.69. The first-order valence-electron chi connectivity index (χ1n) is 5.01. The molecule has 0 aliphatic rings. The maximum absolute atomic E-state index is 10.8. The van der Waals surface area contributed by atoms with Crippen molar-refractivity contribution in [1.82, 2.24) is 0 Å². The van der Waals surface area contributed by atoms with Crippen molar-refractivity contribution >= 4 is 17.7 Å². The molecule has 1 rings (SSSR count). The topological polar surface area (TPSA) is 61.1 Å². The van der Waals surface area contributed by atoms with Gasteiger partial charge in [-0.1, -0.05) is 25.1 Å². The second-order valence-electron chi connectivity index (χ2n) is 3.32. The van der Waals surface area contributed by atoms with E-state index in [1.54, 1.807) is 12.1 Å². The van der Waals surface area contributed by atoms with Crippen LogP contribution in [0.3, 0.4) is 0 Å². The van der Waals surface area contributed by atoms with Crippen molar-refractivity contribution in [1.29, 1.82) is 5.26 Å². The van der Waals surface area contributed by atoms with Gasteiger partial charge in [0.15, 0.2) is 0 Å². The largest absolute Gasteiger partial charge is 0.480 e. The molecule has 0 saturated heterocycles. The molecule has 0 amide bonds. The number of nitriles is 1. The maximum Gasteiger partial charge on any atom is 0.316 e. The summed E-state index contributed by atoms with van der Waals surface area (Å²) in [4.78, 5) is 10.8. The molecule has 0 aliphatic heterocycles. The third kappa shape index (κ3) is 3.28. The Bertz CT molecular complexity index is 412. The monoisotopic (exact) mass is 235 g/mol. The Labute approximate surface area is 99.1 Å². The highest BCUT2D eigenvalue weighted by Crippen LogP contribution is 2.22. The van der Waals surface area contributed by atoms with Crippen LogP contribution in [0.15, 0.2) is 24.3 Å². The van der Waals surface area contributed by atoms with Crippen LogP contribution >= 0.6 is 11.8 Å². The van der Waals surface area contributed by atoms with E-state index in [1.165, 1.54) is 11.8 Å². The number of thioether (sulfide) groups is 1. The lowest BCUT2D eigenvalue weighted by molar-refractivity contribution is -0.136. The van der Waals surface area contributed by atoms with Crippen molar-refractivity contribution in [3.8, 4) is 6.07 Å². The molecule has 1 aromatic carbocycles. The summed E-state index contributed by atoms with van der Waals surface area (Å²) in [7, 11) is 0. The highest BCUT2D eigenvalue weighted by Gasteiger charge is 2.15. The molecule has 0 saturated carbocycles. The van der Waals surface area contributed by atoms with Gasteiger partial charge in [-0.15, -0.1) is 11.8 Å². The molecule has 0 heterocycles. The number of hydrogen-bond donors (Lipinski definition) is 1. The fourth-order valence-electron chi connectivity index (χ4n) is 1.31. The Kier molecular flexibility index (Phi) is 4.87. The summed E-state index contributed by atoms with van der Waals surface area (Å²) in [5, 5.41) is 17.4. The second-order valence-corrected chi connectivity index (χ2v) is 4.51. The molecule has 0 fully saturated rings. The highest BCUT2D eigenvalue weighted by molar-refractivity contribution is 7.99. The van der Waals surface area contributed by atoms with Gasteiger partial charge in [0, 0.05) is 5.75 Å². The van der Waals surface area contributed by atoms with E-state index in [0.717, 1.165) is 5.56 Å². The van der Waals surface area contributed by atoms with Crippen molar-refractivity contribution < 1.29 is 9.90 Å². The van der Waals surface area contributed by atoms with Gasteiger partial charge < -0.3 is 5.11 Å². The number of benzene rings is 1. The third-order valence-electron chi connectivity index (χ3n) is 2.22. The Balaban J connectivity index is 2.67. The third-order valence-corrected chi connectivity index (χ3v) is 3.64. The number of hydrogen-bond acceptors (Lipinski definition) is 3. The number of carboxylic acids is 1. The van der Waals surface area contributed by atoms with E-state index in [9.17, 15) is 4.79 Å². The van der Waals surface area contributed by atoms with Gasteiger partial charge in [-0.05, 0) is 18.1 Å². The van der Waals surface area contributed by atoms with E-state index in [0.29, 0.717) is 17.7 Å². The van der Waals surface area contributed by atoms with Crippen LogP contribution in [-0.4, -0.2) is 16.3 Å². The van der Waals surface area contributed by atoms with E-state index in [2.05, 4.69) is 6.07 Å². The van der Waals surface area contributed by atoms with Crippen LogP contribution < -0.4 is 0 Å². The normalized spacial score (nSPS) is 11.8. The predicted molar refractivity (Wildman–Crippen MR) is 64.2 cm³/mol. The minimum Gasteiger partial charge on any atom is -0.480 e. The molecule has 0 radical (unpaired) electrons. The minimum atomic E-state index is -0.790. The minimum absolute atomic E-state index is 0.397. The zero-order chi connectivity index (χ0) is 12.0. The van der Waals surface area contributed by atoms with E-state index in [1.807, 2.05) is 19.1 Å². The zero-order valence-corrected chi connectivity index (χ0v) is 9.83. The van der Waals surface area contributed by atoms with Crippen LogP contribution in [0.25, 0.3) is 0 Å². The number of rotatable bonds is 5. The van der Waals surface area contributed by atoms with Crippen LogP contribution in [0.1, 0.15) is 24.5 Å². The first kappa shape index (κ1) is 12.6. The number of carbonyl (C=O) groups is 1. The molecule has 1 N–H and O–H groups in total. The van der Waals surface area contributed by atoms with Gasteiger partial charge in [-0.3, -0.25) is 4.79 Å². The SMILES string of the molecule is CCC(SCc1ccccc1C#N)C(=O)O. The van der Waals surface area contributed by atoms with Crippen LogP contribution in [0.4, 0.5) is 0 Å². The average Bonchev–Trinajstić information content (AvgIpc) is 2.30. The van der Waals surface area contributed by atoms with Crippen molar-refractivity contribution in [2.75, 3.05) is 0 Å². The van der Waals surface area contributed by atoms with Crippen molar-refractivity contribution in [2.45, 2.75) is 24.3 Å². The predicted octanol–water partition coefficient (Wildman–Crippen LogP) is 2.65. The second kappa shape index (κ2) is 6.19. The Hall–Kier alpha value is -1.47. The van der Waals surface area contributed by atoms with Gasteiger partial charge in [0.25, 0.3) is 0 Å². The Morgan fingerprint density at radius 2 is 2.25 bits per heavy atom. The molecule has 0 bridgehead atoms. The molecule has 0 aromatic heterocycles. The molecule has 84 valence electrons. The first-order valence-corrected chi connectivity index (χ1v) is 6.06. The van der Waals surface area contributed by atoms with Crippen LogP contribution in [0.2, 0.25) is 0 Å². The van der Waals surface area contributed by atoms with Crippen molar-refractivity contribution in [3.63, 3.8) is 0 Å². The van der Waals surface area contributed by atoms with E-state index in [-0.39, 0.29) is 0 Å². The van der Waals surface area contributed by atoms with E-state index >= 15 is 0 Å². The number of aliphatic carboxylic acids is 1. The smallest absolute Gasteiger partial charge is 0.316 e. The molecule has 1 aromatic rings. The van der Waals surface area contributed by atoms with Crippen molar-refractivity contribution in [3.05, 3.63) is 35.4 Å².